The number of nitriles is 1. The van der Waals surface area contributed by atoms with Crippen molar-refractivity contribution in [1.82, 2.24) is 0 Å². The largest absolute Gasteiger partial charge is 0.389 e. The number of rotatable bonds is 3. The van der Waals surface area contributed by atoms with Gasteiger partial charge in [0.2, 0.25) is 0 Å². The molecule has 2 rings (SSSR count). The third-order valence-corrected chi connectivity index (χ3v) is 4.32. The lowest BCUT2D eigenvalue weighted by Crippen LogP contribution is -2.08. The molecule has 0 fully saturated rings. The summed E-state index contributed by atoms with van der Waals surface area (Å²) in [5.41, 5.74) is 7.08. The van der Waals surface area contributed by atoms with E-state index in [9.17, 15) is 0 Å². The van der Waals surface area contributed by atoms with Crippen LogP contribution in [0.4, 0.5) is 0 Å². The molecule has 0 heterocycles. The normalized spacial score (nSPS) is 9.19. The Morgan fingerprint density at radius 3 is 1.71 bits per heavy atom. The van der Waals surface area contributed by atoms with E-state index in [-0.39, 0.29) is 0 Å². The zero-order valence-corrected chi connectivity index (χ0v) is 14.3. The maximum atomic E-state index is 8.44. The first-order valence-corrected chi connectivity index (χ1v) is 8.94. The highest BCUT2D eigenvalue weighted by Crippen LogP contribution is 2.15. The average Bonchev–Trinajstić information content (AvgIpc) is 2.55. The lowest BCUT2D eigenvalue weighted by atomic mass is 10.2. The molecule has 2 N–H and O–H groups in total. The number of hydrogen-bond donors (Lipinski definition) is 1. The van der Waals surface area contributed by atoms with Gasteiger partial charge in [-0.1, -0.05) is 24.4 Å². The van der Waals surface area contributed by atoms with E-state index < -0.39 is 0 Å². The first-order valence-electron chi connectivity index (χ1n) is 6.08. The second kappa shape index (κ2) is 9.46. The molecule has 0 atom stereocenters. The molecule has 0 bridgehead atoms. The Balaban J connectivity index is 0.000000211. The van der Waals surface area contributed by atoms with Gasteiger partial charge in [0.05, 0.1) is 11.6 Å². The van der Waals surface area contributed by atoms with E-state index in [0.29, 0.717) is 4.99 Å². The van der Waals surface area contributed by atoms with Crippen LogP contribution >= 0.6 is 35.7 Å². The SMILES string of the molecule is CSc1ccc(C#N)cc1.CSc1ccc(C(N)=S)cc1. The molecule has 0 spiro atoms. The minimum Gasteiger partial charge on any atom is -0.389 e. The smallest absolute Gasteiger partial charge is 0.103 e. The molecular formula is C16H16N2S3. The first-order chi connectivity index (χ1) is 10.1. The fraction of sp³-hybridized carbons (Fsp3) is 0.125. The summed E-state index contributed by atoms with van der Waals surface area (Å²) < 4.78 is 0. The van der Waals surface area contributed by atoms with E-state index in [1.54, 1.807) is 23.5 Å². The maximum Gasteiger partial charge on any atom is 0.103 e. The minimum atomic E-state index is 0.456. The van der Waals surface area contributed by atoms with Crippen LogP contribution in [0.25, 0.3) is 0 Å². The van der Waals surface area contributed by atoms with Crippen molar-refractivity contribution in [2.24, 2.45) is 5.73 Å². The molecule has 0 aliphatic carbocycles. The molecule has 0 saturated carbocycles. The van der Waals surface area contributed by atoms with E-state index in [0.717, 1.165) is 11.1 Å². The van der Waals surface area contributed by atoms with Crippen molar-refractivity contribution < 1.29 is 0 Å². The van der Waals surface area contributed by atoms with E-state index in [4.69, 9.17) is 23.2 Å². The Hall–Kier alpha value is -1.48. The standard InChI is InChI=1S/C8H9NS2.C8H7NS/c1-11-7-4-2-6(3-5-7)8(9)10;1-10-8-4-2-7(6-9)3-5-8/h2-5H,1H3,(H2,9,10);2-5H,1H3. The van der Waals surface area contributed by atoms with Gasteiger partial charge >= 0.3 is 0 Å². The summed E-state index contributed by atoms with van der Waals surface area (Å²) in [6.07, 6.45) is 4.05. The van der Waals surface area contributed by atoms with Gasteiger partial charge in [0.1, 0.15) is 4.99 Å². The maximum absolute atomic E-state index is 8.44. The van der Waals surface area contributed by atoms with Crippen LogP contribution < -0.4 is 5.73 Å². The molecule has 0 aliphatic heterocycles. The van der Waals surface area contributed by atoms with Gasteiger partial charge in [-0.15, -0.1) is 23.5 Å². The zero-order chi connectivity index (χ0) is 15.7. The summed E-state index contributed by atoms with van der Waals surface area (Å²) in [6, 6.07) is 17.5. The number of benzene rings is 2. The topological polar surface area (TPSA) is 49.8 Å². The Morgan fingerprint density at radius 1 is 0.952 bits per heavy atom. The van der Waals surface area contributed by atoms with Crippen molar-refractivity contribution in [3.63, 3.8) is 0 Å². The molecule has 5 heteroatoms. The Labute approximate surface area is 139 Å². The van der Waals surface area contributed by atoms with Gasteiger partial charge in [0, 0.05) is 15.4 Å². The fourth-order valence-corrected chi connectivity index (χ4v) is 2.37. The third-order valence-electron chi connectivity index (χ3n) is 2.59. The van der Waals surface area contributed by atoms with E-state index in [1.165, 1.54) is 9.79 Å². The number of thioether (sulfide) groups is 2. The van der Waals surface area contributed by atoms with Crippen molar-refractivity contribution in [3.05, 3.63) is 59.7 Å². The van der Waals surface area contributed by atoms with Crippen molar-refractivity contribution in [3.8, 4) is 6.07 Å². The number of nitrogens with two attached hydrogens (primary N) is 1. The number of thiocarbonyl (C=S) groups is 1. The predicted octanol–water partition coefficient (Wildman–Crippen LogP) is 4.32. The number of nitrogens with zero attached hydrogens (tertiary/aromatic N) is 1. The van der Waals surface area contributed by atoms with Crippen molar-refractivity contribution in [1.29, 1.82) is 5.26 Å². The van der Waals surface area contributed by atoms with Crippen molar-refractivity contribution in [2.75, 3.05) is 12.5 Å². The van der Waals surface area contributed by atoms with Gasteiger partial charge in [-0.25, -0.2) is 0 Å². The average molecular weight is 333 g/mol. The summed E-state index contributed by atoms with van der Waals surface area (Å²) in [6.45, 7) is 0. The van der Waals surface area contributed by atoms with Crippen LogP contribution in [0.2, 0.25) is 0 Å². The minimum absolute atomic E-state index is 0.456. The van der Waals surface area contributed by atoms with Crippen LogP contribution in [0.3, 0.4) is 0 Å². The summed E-state index contributed by atoms with van der Waals surface area (Å²) in [5.74, 6) is 0. The van der Waals surface area contributed by atoms with E-state index >= 15 is 0 Å². The van der Waals surface area contributed by atoms with Crippen molar-refractivity contribution in [2.45, 2.75) is 9.79 Å². The quantitative estimate of drug-likeness (QED) is 0.670. The zero-order valence-electron chi connectivity index (χ0n) is 11.9. The highest BCUT2D eigenvalue weighted by Gasteiger charge is 1.94. The van der Waals surface area contributed by atoms with Crippen LogP contribution in [0.1, 0.15) is 11.1 Å². The molecule has 0 aliphatic rings. The van der Waals surface area contributed by atoms with Gasteiger partial charge < -0.3 is 5.73 Å². The molecule has 21 heavy (non-hydrogen) atoms. The molecule has 108 valence electrons. The molecule has 2 aromatic carbocycles. The van der Waals surface area contributed by atoms with Gasteiger partial charge in [-0.3, -0.25) is 0 Å². The van der Waals surface area contributed by atoms with E-state index in [1.807, 2.05) is 61.0 Å². The Kier molecular flexibility index (Phi) is 7.91. The summed E-state index contributed by atoms with van der Waals surface area (Å²) in [7, 11) is 0. The second-order valence-electron chi connectivity index (χ2n) is 3.93. The lowest BCUT2D eigenvalue weighted by molar-refractivity contribution is 1.42. The van der Waals surface area contributed by atoms with Crippen LogP contribution in [-0.4, -0.2) is 17.5 Å². The predicted molar refractivity (Wildman–Crippen MR) is 97.0 cm³/mol. The molecule has 0 saturated heterocycles. The number of hydrogen-bond acceptors (Lipinski definition) is 4. The molecular weight excluding hydrogens is 316 g/mol. The van der Waals surface area contributed by atoms with E-state index in [2.05, 4.69) is 6.07 Å². The summed E-state index contributed by atoms with van der Waals surface area (Å²) >= 11 is 8.20. The molecule has 0 aromatic heterocycles. The van der Waals surface area contributed by atoms with Gasteiger partial charge in [-0.05, 0) is 48.9 Å². The monoisotopic (exact) mass is 332 g/mol. The van der Waals surface area contributed by atoms with Crippen LogP contribution in [0, 0.1) is 11.3 Å². The first kappa shape index (κ1) is 17.6. The van der Waals surface area contributed by atoms with Gasteiger partial charge in [0.25, 0.3) is 0 Å². The lowest BCUT2D eigenvalue weighted by Gasteiger charge is -1.98. The molecule has 2 aromatic rings. The van der Waals surface area contributed by atoms with Crippen LogP contribution in [0.15, 0.2) is 58.3 Å². The van der Waals surface area contributed by atoms with Gasteiger partial charge in [0.15, 0.2) is 0 Å². The molecule has 0 radical (unpaired) electrons. The Bertz CT molecular complexity index is 613. The summed E-state index contributed by atoms with van der Waals surface area (Å²) in [4.78, 5) is 2.88. The van der Waals surface area contributed by atoms with Crippen LogP contribution in [0.5, 0.6) is 0 Å². The molecule has 2 nitrogen and oxygen atoms in total. The Morgan fingerprint density at radius 2 is 1.38 bits per heavy atom. The second-order valence-corrected chi connectivity index (χ2v) is 6.13. The van der Waals surface area contributed by atoms with Crippen molar-refractivity contribution >= 4 is 40.7 Å². The molecule has 0 unspecified atom stereocenters. The van der Waals surface area contributed by atoms with Crippen LogP contribution in [-0.2, 0) is 0 Å². The summed E-state index contributed by atoms with van der Waals surface area (Å²) in [5, 5.41) is 8.44. The fourth-order valence-electron chi connectivity index (χ4n) is 1.42. The highest BCUT2D eigenvalue weighted by atomic mass is 32.2. The van der Waals surface area contributed by atoms with Gasteiger partial charge in [-0.2, -0.15) is 5.26 Å². The molecule has 0 amide bonds. The third kappa shape index (κ3) is 6.21. The highest BCUT2D eigenvalue weighted by molar-refractivity contribution is 7.98.